The summed E-state index contributed by atoms with van der Waals surface area (Å²) < 4.78 is 28.2. The second-order valence-electron chi connectivity index (χ2n) is 4.57. The third-order valence-electron chi connectivity index (χ3n) is 3.22. The maximum Gasteiger partial charge on any atom is 0.131 e. The van der Waals surface area contributed by atoms with Gasteiger partial charge < -0.3 is 9.67 Å². The van der Waals surface area contributed by atoms with Crippen molar-refractivity contribution in [2.24, 2.45) is 0 Å². The fraction of sp³-hybridized carbons (Fsp3) is 0.133. The summed E-state index contributed by atoms with van der Waals surface area (Å²) >= 11 is 0. The Morgan fingerprint density at radius 1 is 1.15 bits per heavy atom. The van der Waals surface area contributed by atoms with E-state index in [1.165, 1.54) is 6.07 Å². The minimum absolute atomic E-state index is 0.0733. The first-order valence-corrected chi connectivity index (χ1v) is 6.18. The fourth-order valence-electron chi connectivity index (χ4n) is 2.21. The predicted octanol–water partition coefficient (Wildman–Crippen LogP) is 3.05. The molecule has 5 heteroatoms. The molecule has 3 rings (SSSR count). The van der Waals surface area contributed by atoms with Crippen molar-refractivity contribution in [2.75, 3.05) is 0 Å². The van der Waals surface area contributed by atoms with Crippen molar-refractivity contribution in [1.82, 2.24) is 9.55 Å². The number of aliphatic hydroxyl groups excluding tert-OH is 1. The quantitative estimate of drug-likeness (QED) is 0.797. The monoisotopic (exact) mass is 274 g/mol. The standard InChI is InChI=1S/C15H12F2N2O/c16-10-5-6-11(12(17)7-10)15(20)8-19-9-18-13-3-1-2-4-14(13)19/h1-7,9,15,20H,8H2/t15-/m0/s1. The van der Waals surface area contributed by atoms with Crippen molar-refractivity contribution in [3.8, 4) is 0 Å². The van der Waals surface area contributed by atoms with Gasteiger partial charge in [-0.3, -0.25) is 0 Å². The van der Waals surface area contributed by atoms with Crippen molar-refractivity contribution >= 4 is 11.0 Å². The molecule has 0 spiro atoms. The van der Waals surface area contributed by atoms with Gasteiger partial charge in [0.15, 0.2) is 0 Å². The van der Waals surface area contributed by atoms with Crippen molar-refractivity contribution in [3.05, 3.63) is 66.0 Å². The van der Waals surface area contributed by atoms with Gasteiger partial charge in [0.05, 0.1) is 30.0 Å². The molecule has 1 N–H and O–H groups in total. The van der Waals surface area contributed by atoms with E-state index in [4.69, 9.17) is 0 Å². The molecule has 1 atom stereocenters. The number of para-hydroxylation sites is 2. The van der Waals surface area contributed by atoms with Crippen molar-refractivity contribution < 1.29 is 13.9 Å². The van der Waals surface area contributed by atoms with Gasteiger partial charge in [-0.05, 0) is 18.2 Å². The maximum atomic E-state index is 13.6. The maximum absolute atomic E-state index is 13.6. The summed E-state index contributed by atoms with van der Waals surface area (Å²) in [5.74, 6) is -1.41. The Hall–Kier alpha value is -2.27. The average molecular weight is 274 g/mol. The number of rotatable bonds is 3. The molecule has 2 aromatic carbocycles. The Balaban J connectivity index is 1.90. The van der Waals surface area contributed by atoms with Gasteiger partial charge in [0.2, 0.25) is 0 Å². The summed E-state index contributed by atoms with van der Waals surface area (Å²) in [6.07, 6.45) is 0.531. The topological polar surface area (TPSA) is 38.0 Å². The van der Waals surface area contributed by atoms with Gasteiger partial charge in [-0.1, -0.05) is 18.2 Å². The molecule has 0 aliphatic rings. The normalized spacial score (nSPS) is 12.8. The number of imidazole rings is 1. The second kappa shape index (κ2) is 5.02. The molecule has 1 heterocycles. The highest BCUT2D eigenvalue weighted by Crippen LogP contribution is 2.21. The van der Waals surface area contributed by atoms with Crippen LogP contribution < -0.4 is 0 Å². The van der Waals surface area contributed by atoms with Gasteiger partial charge in [0.25, 0.3) is 0 Å². The van der Waals surface area contributed by atoms with Crippen LogP contribution in [0.3, 0.4) is 0 Å². The summed E-state index contributed by atoms with van der Waals surface area (Å²) in [4.78, 5) is 4.20. The first kappa shape index (κ1) is 12.7. The van der Waals surface area contributed by atoms with Crippen LogP contribution in [-0.2, 0) is 6.54 Å². The first-order chi connectivity index (χ1) is 9.65. The number of hydrogen-bond donors (Lipinski definition) is 1. The van der Waals surface area contributed by atoms with Crippen LogP contribution in [0.1, 0.15) is 11.7 Å². The van der Waals surface area contributed by atoms with E-state index in [2.05, 4.69) is 4.98 Å². The zero-order valence-corrected chi connectivity index (χ0v) is 10.5. The highest BCUT2D eigenvalue weighted by atomic mass is 19.1. The smallest absolute Gasteiger partial charge is 0.131 e. The summed E-state index contributed by atoms with van der Waals surface area (Å²) in [6.45, 7) is 0.156. The van der Waals surface area contributed by atoms with E-state index in [1.54, 1.807) is 10.9 Å². The molecule has 0 bridgehead atoms. The minimum atomic E-state index is -1.06. The summed E-state index contributed by atoms with van der Waals surface area (Å²) in [5.41, 5.74) is 1.73. The SMILES string of the molecule is O[C@@H](Cn1cnc2ccccc21)c1ccc(F)cc1F. The van der Waals surface area contributed by atoms with Gasteiger partial charge in [0.1, 0.15) is 11.6 Å². The van der Waals surface area contributed by atoms with Gasteiger partial charge in [0, 0.05) is 11.6 Å². The highest BCUT2D eigenvalue weighted by molar-refractivity contribution is 5.74. The van der Waals surface area contributed by atoms with Crippen LogP contribution in [0.5, 0.6) is 0 Å². The lowest BCUT2D eigenvalue weighted by molar-refractivity contribution is 0.153. The van der Waals surface area contributed by atoms with Crippen LogP contribution in [0.4, 0.5) is 8.78 Å². The van der Waals surface area contributed by atoms with Crippen LogP contribution in [0.2, 0.25) is 0 Å². The second-order valence-corrected chi connectivity index (χ2v) is 4.57. The number of benzene rings is 2. The van der Waals surface area contributed by atoms with E-state index >= 15 is 0 Å². The molecule has 20 heavy (non-hydrogen) atoms. The Bertz CT molecular complexity index is 754. The Morgan fingerprint density at radius 2 is 1.95 bits per heavy atom. The third kappa shape index (κ3) is 2.28. The van der Waals surface area contributed by atoms with Crippen LogP contribution in [0.25, 0.3) is 11.0 Å². The van der Waals surface area contributed by atoms with Crippen molar-refractivity contribution in [1.29, 1.82) is 0 Å². The van der Waals surface area contributed by atoms with E-state index in [-0.39, 0.29) is 12.1 Å². The molecule has 0 unspecified atom stereocenters. The van der Waals surface area contributed by atoms with E-state index < -0.39 is 17.7 Å². The number of fused-ring (bicyclic) bond motifs is 1. The van der Waals surface area contributed by atoms with E-state index in [1.807, 2.05) is 24.3 Å². The molecule has 3 nitrogen and oxygen atoms in total. The molecular formula is C15H12F2N2O. The van der Waals surface area contributed by atoms with Crippen molar-refractivity contribution in [3.63, 3.8) is 0 Å². The zero-order chi connectivity index (χ0) is 14.1. The fourth-order valence-corrected chi connectivity index (χ4v) is 2.21. The molecular weight excluding hydrogens is 262 g/mol. The molecule has 0 radical (unpaired) electrons. The molecule has 0 saturated carbocycles. The largest absolute Gasteiger partial charge is 0.386 e. The van der Waals surface area contributed by atoms with Crippen LogP contribution in [0.15, 0.2) is 48.8 Å². The van der Waals surface area contributed by atoms with Gasteiger partial charge >= 0.3 is 0 Å². The number of hydrogen-bond acceptors (Lipinski definition) is 2. The van der Waals surface area contributed by atoms with Crippen LogP contribution >= 0.6 is 0 Å². The molecule has 0 aliphatic heterocycles. The lowest BCUT2D eigenvalue weighted by Crippen LogP contribution is -2.09. The van der Waals surface area contributed by atoms with Gasteiger partial charge in [-0.25, -0.2) is 13.8 Å². The number of aromatic nitrogens is 2. The highest BCUT2D eigenvalue weighted by Gasteiger charge is 2.15. The summed E-state index contributed by atoms with van der Waals surface area (Å²) in [7, 11) is 0. The van der Waals surface area contributed by atoms with Crippen molar-refractivity contribution in [2.45, 2.75) is 12.6 Å². The molecule has 0 saturated heterocycles. The molecule has 0 fully saturated rings. The van der Waals surface area contributed by atoms with E-state index in [9.17, 15) is 13.9 Å². The summed E-state index contributed by atoms with van der Waals surface area (Å²) in [6, 6.07) is 10.6. The number of aliphatic hydroxyl groups is 1. The van der Waals surface area contributed by atoms with Crippen LogP contribution in [0, 0.1) is 11.6 Å². The molecule has 0 amide bonds. The number of halogens is 2. The van der Waals surface area contributed by atoms with Gasteiger partial charge in [-0.2, -0.15) is 0 Å². The minimum Gasteiger partial charge on any atom is -0.386 e. The number of nitrogens with zero attached hydrogens (tertiary/aromatic N) is 2. The Kier molecular flexibility index (Phi) is 3.20. The molecule has 102 valence electrons. The van der Waals surface area contributed by atoms with E-state index in [0.717, 1.165) is 23.2 Å². The molecule has 3 aromatic rings. The van der Waals surface area contributed by atoms with E-state index in [0.29, 0.717) is 0 Å². The average Bonchev–Trinajstić information content (AvgIpc) is 2.82. The lowest BCUT2D eigenvalue weighted by atomic mass is 10.1. The third-order valence-corrected chi connectivity index (χ3v) is 3.22. The molecule has 1 aromatic heterocycles. The summed E-state index contributed by atoms with van der Waals surface area (Å²) in [5, 5.41) is 10.1. The Labute approximate surface area is 114 Å². The molecule has 0 aliphatic carbocycles. The van der Waals surface area contributed by atoms with Gasteiger partial charge in [-0.15, -0.1) is 0 Å². The zero-order valence-electron chi connectivity index (χ0n) is 10.5. The van der Waals surface area contributed by atoms with Crippen LogP contribution in [-0.4, -0.2) is 14.7 Å². The first-order valence-electron chi connectivity index (χ1n) is 6.18. The lowest BCUT2D eigenvalue weighted by Gasteiger charge is -2.13. The predicted molar refractivity (Wildman–Crippen MR) is 71.1 cm³/mol. The Morgan fingerprint density at radius 3 is 2.75 bits per heavy atom.